The highest BCUT2D eigenvalue weighted by Crippen LogP contribution is 2.53. The Morgan fingerprint density at radius 2 is 1.50 bits per heavy atom. The SMILES string of the molecule is CCc1cc(C(F)(C(F)(F)F)C(F)(F)F)cc(C)c1NC(=O)c1cccc(NC(=O)c2ccc(Cl)nc2)c1. The van der Waals surface area contributed by atoms with Crippen LogP contribution >= 0.6 is 11.6 Å². The molecule has 1 heterocycles. The number of pyridine rings is 1. The van der Waals surface area contributed by atoms with Crippen LogP contribution in [-0.4, -0.2) is 29.2 Å². The van der Waals surface area contributed by atoms with Gasteiger partial charge in [-0.1, -0.05) is 30.7 Å². The summed E-state index contributed by atoms with van der Waals surface area (Å²) in [7, 11) is 0. The van der Waals surface area contributed by atoms with Crippen molar-refractivity contribution in [3.05, 3.63) is 87.7 Å². The maximum absolute atomic E-state index is 14.6. The molecule has 0 fully saturated rings. The van der Waals surface area contributed by atoms with Gasteiger partial charge >= 0.3 is 18.0 Å². The first kappa shape index (κ1) is 28.9. The predicted octanol–water partition coefficient (Wildman–Crippen LogP) is 7.40. The van der Waals surface area contributed by atoms with E-state index in [2.05, 4.69) is 15.6 Å². The van der Waals surface area contributed by atoms with E-state index in [9.17, 15) is 40.3 Å². The van der Waals surface area contributed by atoms with Crippen LogP contribution in [0, 0.1) is 6.92 Å². The Morgan fingerprint density at radius 1 is 0.868 bits per heavy atom. The Balaban J connectivity index is 1.90. The number of amides is 2. The fraction of sp³-hybridized carbons (Fsp3) is 0.240. The maximum atomic E-state index is 14.6. The van der Waals surface area contributed by atoms with Gasteiger partial charge in [0.05, 0.1) is 5.56 Å². The van der Waals surface area contributed by atoms with Gasteiger partial charge in [0.15, 0.2) is 0 Å². The summed E-state index contributed by atoms with van der Waals surface area (Å²) in [6.45, 7) is 2.58. The van der Waals surface area contributed by atoms with Crippen molar-refractivity contribution < 1.29 is 40.3 Å². The summed E-state index contributed by atoms with van der Waals surface area (Å²) in [6.07, 6.45) is -11.4. The zero-order chi connectivity index (χ0) is 28.5. The molecule has 2 N–H and O–H groups in total. The minimum absolute atomic E-state index is 0.0213. The number of aryl methyl sites for hydroxylation is 2. The fourth-order valence-corrected chi connectivity index (χ4v) is 3.75. The summed E-state index contributed by atoms with van der Waals surface area (Å²) in [6, 6.07) is 9.33. The monoisotopic (exact) mass is 561 g/mol. The molecule has 0 saturated carbocycles. The quantitative estimate of drug-likeness (QED) is 0.243. The molecule has 1 aromatic heterocycles. The van der Waals surface area contributed by atoms with E-state index >= 15 is 0 Å². The largest absolute Gasteiger partial charge is 0.435 e. The molecule has 0 spiro atoms. The number of benzene rings is 2. The zero-order valence-electron chi connectivity index (χ0n) is 19.7. The Bertz CT molecular complexity index is 1340. The lowest BCUT2D eigenvalue weighted by molar-refractivity contribution is -0.348. The topological polar surface area (TPSA) is 71.1 Å². The molecule has 0 saturated heterocycles. The Labute approximate surface area is 217 Å². The van der Waals surface area contributed by atoms with Crippen LogP contribution in [0.1, 0.15) is 44.3 Å². The fourth-order valence-electron chi connectivity index (χ4n) is 3.64. The number of alkyl halides is 7. The molecule has 5 nitrogen and oxygen atoms in total. The van der Waals surface area contributed by atoms with Crippen LogP contribution in [0.15, 0.2) is 54.7 Å². The van der Waals surface area contributed by atoms with Gasteiger partial charge in [-0.05, 0) is 60.9 Å². The number of nitrogens with one attached hydrogen (secondary N) is 2. The van der Waals surface area contributed by atoms with Crippen LogP contribution in [0.3, 0.4) is 0 Å². The van der Waals surface area contributed by atoms with Crippen molar-refractivity contribution in [1.29, 1.82) is 0 Å². The van der Waals surface area contributed by atoms with Crippen molar-refractivity contribution in [2.24, 2.45) is 0 Å². The number of anilines is 2. The van der Waals surface area contributed by atoms with Gasteiger partial charge in [0.25, 0.3) is 11.8 Å². The van der Waals surface area contributed by atoms with Gasteiger partial charge in [-0.2, -0.15) is 26.3 Å². The number of aromatic nitrogens is 1. The Morgan fingerprint density at radius 3 is 2.05 bits per heavy atom. The van der Waals surface area contributed by atoms with Crippen LogP contribution in [0.2, 0.25) is 5.15 Å². The van der Waals surface area contributed by atoms with Crippen molar-refractivity contribution in [2.75, 3.05) is 10.6 Å². The standard InChI is InChI=1S/C25H19ClF7N3O2/c1-3-14-10-17(23(27,24(28,29)30)25(31,32)33)9-13(2)20(14)36-21(37)15-5-4-6-18(11-15)35-22(38)16-7-8-19(26)34-12-16/h4-12H,3H2,1-2H3,(H,35,38)(H,36,37). The molecule has 3 aromatic rings. The molecule has 2 amide bonds. The summed E-state index contributed by atoms with van der Waals surface area (Å²) in [5, 5.41) is 5.21. The van der Waals surface area contributed by atoms with E-state index in [1.54, 1.807) is 0 Å². The molecular weight excluding hydrogens is 543 g/mol. The van der Waals surface area contributed by atoms with E-state index in [-0.39, 0.29) is 45.2 Å². The molecular formula is C25H19ClF7N3O2. The number of hydrogen-bond donors (Lipinski definition) is 2. The molecule has 2 aromatic carbocycles. The van der Waals surface area contributed by atoms with Gasteiger partial charge in [0.1, 0.15) is 5.15 Å². The summed E-state index contributed by atoms with van der Waals surface area (Å²) >= 11 is 5.70. The number of nitrogens with zero attached hydrogens (tertiary/aromatic N) is 1. The van der Waals surface area contributed by atoms with Crippen molar-refractivity contribution in [2.45, 2.75) is 38.3 Å². The van der Waals surface area contributed by atoms with Crippen LogP contribution < -0.4 is 10.6 Å². The van der Waals surface area contributed by atoms with Crippen LogP contribution in [-0.2, 0) is 12.1 Å². The summed E-state index contributed by atoms with van der Waals surface area (Å²) in [5.74, 6) is -1.31. The smallest absolute Gasteiger partial charge is 0.322 e. The molecule has 0 aliphatic heterocycles. The summed E-state index contributed by atoms with van der Waals surface area (Å²) in [4.78, 5) is 29.1. The average Bonchev–Trinajstić information content (AvgIpc) is 2.83. The molecule has 0 aliphatic carbocycles. The van der Waals surface area contributed by atoms with E-state index in [0.717, 1.165) is 6.92 Å². The van der Waals surface area contributed by atoms with Crippen LogP contribution in [0.25, 0.3) is 0 Å². The number of carbonyl (C=O) groups excluding carboxylic acids is 2. The third-order valence-corrected chi connectivity index (χ3v) is 5.81. The highest BCUT2D eigenvalue weighted by atomic mass is 35.5. The zero-order valence-corrected chi connectivity index (χ0v) is 20.4. The van der Waals surface area contributed by atoms with Crippen molar-refractivity contribution in [3.8, 4) is 0 Å². The van der Waals surface area contributed by atoms with E-state index < -0.39 is 35.4 Å². The summed E-state index contributed by atoms with van der Waals surface area (Å²) in [5.41, 5.74) is -7.20. The summed E-state index contributed by atoms with van der Waals surface area (Å²) < 4.78 is 94.0. The molecule has 0 bridgehead atoms. The van der Waals surface area contributed by atoms with Crippen LogP contribution in [0.5, 0.6) is 0 Å². The second-order valence-corrected chi connectivity index (χ2v) is 8.58. The third-order valence-electron chi connectivity index (χ3n) is 5.59. The first-order valence-electron chi connectivity index (χ1n) is 10.9. The molecule has 0 unspecified atom stereocenters. The lowest BCUT2D eigenvalue weighted by Gasteiger charge is -2.31. The molecule has 0 atom stereocenters. The van der Waals surface area contributed by atoms with E-state index in [1.165, 1.54) is 49.5 Å². The van der Waals surface area contributed by atoms with Gasteiger partial charge < -0.3 is 10.6 Å². The van der Waals surface area contributed by atoms with E-state index in [1.807, 2.05) is 0 Å². The second kappa shape index (κ2) is 10.6. The normalized spacial score (nSPS) is 12.3. The number of rotatable bonds is 6. The van der Waals surface area contributed by atoms with Crippen molar-refractivity contribution in [1.82, 2.24) is 4.98 Å². The van der Waals surface area contributed by atoms with Gasteiger partial charge in [0, 0.05) is 28.7 Å². The van der Waals surface area contributed by atoms with Gasteiger partial charge in [-0.3, -0.25) is 9.59 Å². The van der Waals surface area contributed by atoms with Crippen molar-refractivity contribution >= 4 is 34.8 Å². The lowest BCUT2D eigenvalue weighted by Crippen LogP contribution is -2.50. The number of carbonyl (C=O) groups is 2. The molecule has 202 valence electrons. The third kappa shape index (κ3) is 5.74. The van der Waals surface area contributed by atoms with Gasteiger partial charge in [-0.25, -0.2) is 9.37 Å². The number of halogens is 8. The van der Waals surface area contributed by atoms with Crippen LogP contribution in [0.4, 0.5) is 42.1 Å². The van der Waals surface area contributed by atoms with E-state index in [0.29, 0.717) is 12.1 Å². The Kier molecular flexibility index (Phi) is 8.06. The molecule has 0 radical (unpaired) electrons. The van der Waals surface area contributed by atoms with Crippen molar-refractivity contribution in [3.63, 3.8) is 0 Å². The molecule has 38 heavy (non-hydrogen) atoms. The van der Waals surface area contributed by atoms with Gasteiger partial charge in [-0.15, -0.1) is 0 Å². The van der Waals surface area contributed by atoms with E-state index in [4.69, 9.17) is 11.6 Å². The maximum Gasteiger partial charge on any atom is 0.435 e. The first-order valence-corrected chi connectivity index (χ1v) is 11.3. The number of hydrogen-bond acceptors (Lipinski definition) is 3. The Hall–Kier alpha value is -3.67. The highest BCUT2D eigenvalue weighted by Gasteiger charge is 2.73. The lowest BCUT2D eigenvalue weighted by atomic mass is 9.89. The van der Waals surface area contributed by atoms with Gasteiger partial charge in [0.2, 0.25) is 0 Å². The second-order valence-electron chi connectivity index (χ2n) is 8.19. The predicted molar refractivity (Wildman–Crippen MR) is 127 cm³/mol. The highest BCUT2D eigenvalue weighted by molar-refractivity contribution is 6.29. The minimum Gasteiger partial charge on any atom is -0.322 e. The molecule has 13 heteroatoms. The molecule has 3 rings (SSSR count). The minimum atomic E-state index is -6.26. The average molecular weight is 562 g/mol. The molecule has 0 aliphatic rings. The first-order chi connectivity index (χ1) is 17.6.